The number of fused-ring (bicyclic) bond motifs is 1. The zero-order valence-electron chi connectivity index (χ0n) is 12.4. The minimum absolute atomic E-state index is 0.0740. The first-order chi connectivity index (χ1) is 10.2. The van der Waals surface area contributed by atoms with Gasteiger partial charge in [-0.05, 0) is 42.0 Å². The number of rotatable bonds is 5. The number of benzene rings is 2. The van der Waals surface area contributed by atoms with Crippen molar-refractivity contribution in [1.82, 2.24) is 0 Å². The molecule has 21 heavy (non-hydrogen) atoms. The third-order valence-electron chi connectivity index (χ3n) is 3.17. The predicted octanol–water partition coefficient (Wildman–Crippen LogP) is 2.99. The fraction of sp³-hybridized carbons (Fsp3) is 0.333. The van der Waals surface area contributed by atoms with Gasteiger partial charge in [0.25, 0.3) is 0 Å². The molecular formula is C18H20O3. The molecule has 0 fully saturated rings. The second-order valence-electron chi connectivity index (χ2n) is 4.86. The van der Waals surface area contributed by atoms with Crippen molar-refractivity contribution in [2.45, 2.75) is 19.4 Å². The average molecular weight is 284 g/mol. The minimum atomic E-state index is 0.0740. The van der Waals surface area contributed by atoms with E-state index in [2.05, 4.69) is 11.8 Å². The lowest BCUT2D eigenvalue weighted by Crippen LogP contribution is -2.15. The highest BCUT2D eigenvalue weighted by Gasteiger charge is 2.02. The highest BCUT2D eigenvalue weighted by molar-refractivity contribution is 5.85. The largest absolute Gasteiger partial charge is 0.491 e. The van der Waals surface area contributed by atoms with Gasteiger partial charge in [0.1, 0.15) is 12.4 Å². The van der Waals surface area contributed by atoms with Gasteiger partial charge in [0, 0.05) is 19.1 Å². The molecule has 0 saturated heterocycles. The monoisotopic (exact) mass is 284 g/mol. The normalized spacial score (nSPS) is 11.8. The van der Waals surface area contributed by atoms with E-state index in [0.717, 1.165) is 22.1 Å². The number of hydrogen-bond acceptors (Lipinski definition) is 3. The molecule has 1 atom stereocenters. The quantitative estimate of drug-likeness (QED) is 0.858. The lowest BCUT2D eigenvalue weighted by Gasteiger charge is -2.12. The summed E-state index contributed by atoms with van der Waals surface area (Å²) in [4.78, 5) is 0. The number of aliphatic hydroxyl groups is 1. The summed E-state index contributed by atoms with van der Waals surface area (Å²) < 4.78 is 10.9. The molecule has 1 N–H and O–H groups in total. The predicted molar refractivity (Wildman–Crippen MR) is 84.5 cm³/mol. The number of aliphatic hydroxyl groups excluding tert-OH is 1. The van der Waals surface area contributed by atoms with Gasteiger partial charge in [0.15, 0.2) is 0 Å². The van der Waals surface area contributed by atoms with Gasteiger partial charge in [-0.3, -0.25) is 0 Å². The molecule has 3 nitrogen and oxygen atoms in total. The molecule has 0 radical (unpaired) electrons. The summed E-state index contributed by atoms with van der Waals surface area (Å²) in [6.07, 6.45) is 0.576. The van der Waals surface area contributed by atoms with Crippen LogP contribution in [0.3, 0.4) is 0 Å². The van der Waals surface area contributed by atoms with Crippen LogP contribution in [-0.2, 0) is 4.74 Å². The maximum Gasteiger partial charge on any atom is 0.120 e. The lowest BCUT2D eigenvalue weighted by molar-refractivity contribution is 0.0717. The molecule has 0 saturated carbocycles. The maximum absolute atomic E-state index is 8.73. The molecule has 0 aliphatic rings. The molecular weight excluding hydrogens is 264 g/mol. The third-order valence-corrected chi connectivity index (χ3v) is 3.17. The third kappa shape index (κ3) is 4.49. The lowest BCUT2D eigenvalue weighted by atomic mass is 10.1. The van der Waals surface area contributed by atoms with E-state index in [9.17, 15) is 0 Å². The molecule has 0 heterocycles. The van der Waals surface area contributed by atoms with Crippen molar-refractivity contribution in [1.29, 1.82) is 0 Å². The van der Waals surface area contributed by atoms with Crippen LogP contribution in [0.4, 0.5) is 0 Å². The van der Waals surface area contributed by atoms with Crippen LogP contribution in [-0.4, -0.2) is 31.5 Å². The Morgan fingerprint density at radius 1 is 1.14 bits per heavy atom. The molecule has 2 rings (SSSR count). The van der Waals surface area contributed by atoms with Gasteiger partial charge in [-0.25, -0.2) is 0 Å². The molecule has 0 bridgehead atoms. The van der Waals surface area contributed by atoms with Crippen molar-refractivity contribution < 1.29 is 14.6 Å². The van der Waals surface area contributed by atoms with E-state index >= 15 is 0 Å². The molecule has 2 aromatic carbocycles. The van der Waals surface area contributed by atoms with Crippen molar-refractivity contribution in [3.63, 3.8) is 0 Å². The van der Waals surface area contributed by atoms with Crippen LogP contribution in [0.15, 0.2) is 36.4 Å². The van der Waals surface area contributed by atoms with E-state index in [1.165, 1.54) is 0 Å². The van der Waals surface area contributed by atoms with Gasteiger partial charge < -0.3 is 14.6 Å². The average Bonchev–Trinajstić information content (AvgIpc) is 2.52. The molecule has 2 aromatic rings. The van der Waals surface area contributed by atoms with Gasteiger partial charge in [-0.1, -0.05) is 24.0 Å². The summed E-state index contributed by atoms with van der Waals surface area (Å²) in [6.45, 7) is 2.60. The van der Waals surface area contributed by atoms with Crippen molar-refractivity contribution in [2.75, 3.05) is 20.3 Å². The molecule has 0 aliphatic carbocycles. The standard InChI is InChI=1S/C18H20O3/c1-14(20-2)13-21-18-9-8-16-11-15(5-3-4-10-19)6-7-17(16)12-18/h6-9,11-12,14,19H,4,10,13H2,1-2H3. The van der Waals surface area contributed by atoms with Gasteiger partial charge in [0.05, 0.1) is 12.7 Å². The number of hydrogen-bond donors (Lipinski definition) is 1. The van der Waals surface area contributed by atoms with Crippen LogP contribution >= 0.6 is 0 Å². The van der Waals surface area contributed by atoms with E-state index in [4.69, 9.17) is 14.6 Å². The molecule has 110 valence electrons. The zero-order valence-corrected chi connectivity index (χ0v) is 12.4. The molecule has 0 aliphatic heterocycles. The highest BCUT2D eigenvalue weighted by Crippen LogP contribution is 2.22. The Hall–Kier alpha value is -2.02. The van der Waals surface area contributed by atoms with E-state index in [1.807, 2.05) is 43.3 Å². The smallest absolute Gasteiger partial charge is 0.120 e. The van der Waals surface area contributed by atoms with Gasteiger partial charge >= 0.3 is 0 Å². The van der Waals surface area contributed by atoms with Gasteiger partial charge in [-0.15, -0.1) is 0 Å². The minimum Gasteiger partial charge on any atom is -0.491 e. The Kier molecular flexibility index (Phi) is 5.62. The highest BCUT2D eigenvalue weighted by atomic mass is 16.5. The molecule has 0 amide bonds. The first-order valence-electron chi connectivity index (χ1n) is 7.02. The Balaban J connectivity index is 2.14. The number of methoxy groups -OCH3 is 1. The van der Waals surface area contributed by atoms with E-state index < -0.39 is 0 Å². The first kappa shape index (κ1) is 15.4. The maximum atomic E-state index is 8.73. The molecule has 0 aromatic heterocycles. The molecule has 3 heteroatoms. The summed E-state index contributed by atoms with van der Waals surface area (Å²) in [6, 6.07) is 12.1. The Labute approximate surface area is 125 Å². The second-order valence-corrected chi connectivity index (χ2v) is 4.86. The van der Waals surface area contributed by atoms with Crippen LogP contribution < -0.4 is 4.74 Å². The van der Waals surface area contributed by atoms with Crippen molar-refractivity contribution in [3.8, 4) is 17.6 Å². The molecule has 0 spiro atoms. The van der Waals surface area contributed by atoms with Crippen molar-refractivity contribution in [2.24, 2.45) is 0 Å². The summed E-state index contributed by atoms with van der Waals surface area (Å²) >= 11 is 0. The van der Waals surface area contributed by atoms with Crippen LogP contribution in [0.2, 0.25) is 0 Å². The van der Waals surface area contributed by atoms with Crippen molar-refractivity contribution >= 4 is 10.8 Å². The summed E-state index contributed by atoms with van der Waals surface area (Å²) in [5.74, 6) is 6.81. The zero-order chi connectivity index (χ0) is 15.1. The van der Waals surface area contributed by atoms with Gasteiger partial charge in [-0.2, -0.15) is 0 Å². The SMILES string of the molecule is COC(C)COc1ccc2cc(C#CCCO)ccc2c1. The van der Waals surface area contributed by atoms with E-state index in [-0.39, 0.29) is 12.7 Å². The van der Waals surface area contributed by atoms with E-state index in [1.54, 1.807) is 7.11 Å². The summed E-state index contributed by atoms with van der Waals surface area (Å²) in [5.41, 5.74) is 0.956. The van der Waals surface area contributed by atoms with Gasteiger partial charge in [0.2, 0.25) is 0 Å². The topological polar surface area (TPSA) is 38.7 Å². The van der Waals surface area contributed by atoms with Crippen LogP contribution in [0.25, 0.3) is 10.8 Å². The van der Waals surface area contributed by atoms with Crippen LogP contribution in [0, 0.1) is 11.8 Å². The second kappa shape index (κ2) is 7.68. The summed E-state index contributed by atoms with van der Waals surface area (Å²) in [5, 5.41) is 11.0. The molecule has 1 unspecified atom stereocenters. The van der Waals surface area contributed by atoms with E-state index in [0.29, 0.717) is 13.0 Å². The fourth-order valence-corrected chi connectivity index (χ4v) is 1.89. The van der Waals surface area contributed by atoms with Crippen molar-refractivity contribution in [3.05, 3.63) is 42.0 Å². The van der Waals surface area contributed by atoms with Crippen LogP contribution in [0.5, 0.6) is 5.75 Å². The van der Waals surface area contributed by atoms with Crippen LogP contribution in [0.1, 0.15) is 18.9 Å². The fourth-order valence-electron chi connectivity index (χ4n) is 1.89. The summed E-state index contributed by atoms with van der Waals surface area (Å²) in [7, 11) is 1.67. The Bertz CT molecular complexity index is 652. The first-order valence-corrected chi connectivity index (χ1v) is 7.02. The Morgan fingerprint density at radius 2 is 1.90 bits per heavy atom. The Morgan fingerprint density at radius 3 is 2.67 bits per heavy atom. The number of ether oxygens (including phenoxy) is 2.